The number of thiazole rings is 1. The van der Waals surface area contributed by atoms with Crippen LogP contribution in [0.3, 0.4) is 0 Å². The van der Waals surface area contributed by atoms with Gasteiger partial charge in [0.15, 0.2) is 11.1 Å². The minimum absolute atomic E-state index is 0.492. The maximum atomic E-state index is 6.03. The molecule has 0 amide bonds. The van der Waals surface area contributed by atoms with Crippen LogP contribution in [-0.2, 0) is 6.54 Å². The Hall–Kier alpha value is -2.02. The highest BCUT2D eigenvalue weighted by atomic mass is 32.1. The van der Waals surface area contributed by atoms with E-state index in [0.29, 0.717) is 12.5 Å². The molecule has 0 atom stereocenters. The largest absolute Gasteiger partial charge is 0.467 e. The van der Waals surface area contributed by atoms with Gasteiger partial charge < -0.3 is 20.0 Å². The summed E-state index contributed by atoms with van der Waals surface area (Å²) in [6, 6.07) is 3.75. The van der Waals surface area contributed by atoms with Gasteiger partial charge in [-0.2, -0.15) is 0 Å². The molecular formula is C13H17N5OS. The van der Waals surface area contributed by atoms with E-state index in [2.05, 4.69) is 19.8 Å². The van der Waals surface area contributed by atoms with Gasteiger partial charge in [0.25, 0.3) is 0 Å². The molecule has 1 aliphatic heterocycles. The molecule has 106 valence electrons. The second-order valence-corrected chi connectivity index (χ2v) is 5.42. The van der Waals surface area contributed by atoms with E-state index >= 15 is 0 Å². The molecule has 0 unspecified atom stereocenters. The molecule has 1 saturated heterocycles. The number of aromatic nitrogens is 1. The maximum absolute atomic E-state index is 6.03. The van der Waals surface area contributed by atoms with Gasteiger partial charge in [-0.15, -0.1) is 11.3 Å². The number of nitrogens with zero attached hydrogens (tertiary/aromatic N) is 4. The lowest BCUT2D eigenvalue weighted by Gasteiger charge is -2.35. The Balaban J connectivity index is 1.53. The van der Waals surface area contributed by atoms with Crippen LogP contribution in [0.1, 0.15) is 5.76 Å². The van der Waals surface area contributed by atoms with Crippen LogP contribution in [0.2, 0.25) is 0 Å². The van der Waals surface area contributed by atoms with Gasteiger partial charge in [0.1, 0.15) is 12.3 Å². The number of hydrogen-bond acceptors (Lipinski definition) is 5. The summed E-state index contributed by atoms with van der Waals surface area (Å²) in [5.74, 6) is 1.41. The number of furan rings is 1. The smallest absolute Gasteiger partial charge is 0.191 e. The van der Waals surface area contributed by atoms with Gasteiger partial charge in [0.2, 0.25) is 0 Å². The van der Waals surface area contributed by atoms with E-state index in [1.807, 2.05) is 23.7 Å². The molecule has 0 aromatic carbocycles. The summed E-state index contributed by atoms with van der Waals surface area (Å²) in [5.41, 5.74) is 6.03. The number of aliphatic imine (C=N–C) groups is 1. The summed E-state index contributed by atoms with van der Waals surface area (Å²) in [6.45, 7) is 4.07. The minimum Gasteiger partial charge on any atom is -0.467 e. The monoisotopic (exact) mass is 291 g/mol. The molecule has 0 bridgehead atoms. The molecule has 6 nitrogen and oxygen atoms in total. The van der Waals surface area contributed by atoms with Crippen molar-refractivity contribution in [2.75, 3.05) is 31.1 Å². The fourth-order valence-electron chi connectivity index (χ4n) is 2.16. The summed E-state index contributed by atoms with van der Waals surface area (Å²) in [5, 5.41) is 3.08. The molecule has 1 fully saturated rings. The van der Waals surface area contributed by atoms with Crippen molar-refractivity contribution in [3.05, 3.63) is 35.7 Å². The molecule has 0 radical (unpaired) electrons. The molecule has 7 heteroatoms. The number of rotatable bonds is 3. The Morgan fingerprint density at radius 2 is 2.25 bits per heavy atom. The van der Waals surface area contributed by atoms with Gasteiger partial charge in [0, 0.05) is 37.8 Å². The third-order valence-electron chi connectivity index (χ3n) is 3.27. The van der Waals surface area contributed by atoms with Crippen molar-refractivity contribution in [3.8, 4) is 0 Å². The Morgan fingerprint density at radius 1 is 1.40 bits per heavy atom. The Labute approximate surface area is 121 Å². The van der Waals surface area contributed by atoms with Crippen LogP contribution >= 0.6 is 11.3 Å². The van der Waals surface area contributed by atoms with Crippen molar-refractivity contribution in [1.82, 2.24) is 9.88 Å². The fraction of sp³-hybridized carbons (Fsp3) is 0.385. The second-order valence-electron chi connectivity index (χ2n) is 4.54. The average molecular weight is 291 g/mol. The zero-order chi connectivity index (χ0) is 13.8. The first-order valence-corrected chi connectivity index (χ1v) is 7.42. The van der Waals surface area contributed by atoms with E-state index in [1.54, 1.807) is 17.6 Å². The second kappa shape index (κ2) is 5.96. The van der Waals surface area contributed by atoms with Gasteiger partial charge in [-0.1, -0.05) is 0 Å². The molecule has 20 heavy (non-hydrogen) atoms. The molecule has 3 heterocycles. The standard InChI is InChI=1S/C13H17N5OS/c14-12(16-10-11-2-1-8-19-11)17-4-6-18(7-5-17)13-15-3-9-20-13/h1-3,8-9H,4-7,10H2,(H2,14,16). The Bertz CT molecular complexity index is 543. The third-order valence-corrected chi connectivity index (χ3v) is 4.10. The lowest BCUT2D eigenvalue weighted by Crippen LogP contribution is -2.51. The molecule has 0 saturated carbocycles. The lowest BCUT2D eigenvalue weighted by atomic mass is 10.3. The van der Waals surface area contributed by atoms with E-state index < -0.39 is 0 Å². The highest BCUT2D eigenvalue weighted by Gasteiger charge is 2.19. The SMILES string of the molecule is NC(=NCc1ccco1)N1CCN(c2nccs2)CC1. The van der Waals surface area contributed by atoms with Crippen LogP contribution in [0.25, 0.3) is 0 Å². The molecule has 2 aromatic rings. The van der Waals surface area contributed by atoms with E-state index in [1.165, 1.54) is 0 Å². The predicted molar refractivity (Wildman–Crippen MR) is 79.9 cm³/mol. The maximum Gasteiger partial charge on any atom is 0.191 e. The van der Waals surface area contributed by atoms with Crippen LogP contribution in [0.15, 0.2) is 39.4 Å². The summed E-state index contributed by atoms with van der Waals surface area (Å²) in [6.07, 6.45) is 3.49. The number of guanidine groups is 1. The van der Waals surface area contributed by atoms with E-state index in [4.69, 9.17) is 10.2 Å². The number of nitrogens with two attached hydrogens (primary N) is 1. The van der Waals surface area contributed by atoms with Gasteiger partial charge in [-0.05, 0) is 12.1 Å². The normalized spacial score (nSPS) is 16.7. The van der Waals surface area contributed by atoms with Crippen molar-refractivity contribution in [2.24, 2.45) is 10.7 Å². The third kappa shape index (κ3) is 2.93. The first-order valence-electron chi connectivity index (χ1n) is 6.54. The van der Waals surface area contributed by atoms with Crippen LogP contribution in [0.4, 0.5) is 5.13 Å². The first kappa shape index (κ1) is 13.0. The molecule has 0 spiro atoms. The molecule has 2 N–H and O–H groups in total. The van der Waals surface area contributed by atoms with Crippen molar-refractivity contribution < 1.29 is 4.42 Å². The van der Waals surface area contributed by atoms with Gasteiger partial charge in [0.05, 0.1) is 6.26 Å². The molecule has 1 aliphatic rings. The van der Waals surface area contributed by atoms with Crippen molar-refractivity contribution in [1.29, 1.82) is 0 Å². The highest BCUT2D eigenvalue weighted by Crippen LogP contribution is 2.18. The summed E-state index contributed by atoms with van der Waals surface area (Å²) >= 11 is 1.67. The molecule has 3 rings (SSSR count). The van der Waals surface area contributed by atoms with Crippen LogP contribution in [-0.4, -0.2) is 42.0 Å². The summed E-state index contributed by atoms with van der Waals surface area (Å²) < 4.78 is 5.24. The molecule has 2 aromatic heterocycles. The number of hydrogen-bond donors (Lipinski definition) is 1. The Morgan fingerprint density at radius 3 is 2.90 bits per heavy atom. The molecule has 0 aliphatic carbocycles. The number of anilines is 1. The van der Waals surface area contributed by atoms with Crippen LogP contribution in [0, 0.1) is 0 Å². The Kier molecular flexibility index (Phi) is 3.87. The van der Waals surface area contributed by atoms with Crippen molar-refractivity contribution in [3.63, 3.8) is 0 Å². The quantitative estimate of drug-likeness (QED) is 0.683. The summed E-state index contributed by atoms with van der Waals surface area (Å²) in [4.78, 5) is 13.1. The van der Waals surface area contributed by atoms with E-state index in [0.717, 1.165) is 37.1 Å². The zero-order valence-electron chi connectivity index (χ0n) is 11.1. The van der Waals surface area contributed by atoms with E-state index in [9.17, 15) is 0 Å². The minimum atomic E-state index is 0.492. The van der Waals surface area contributed by atoms with Crippen LogP contribution < -0.4 is 10.6 Å². The molecular weight excluding hydrogens is 274 g/mol. The lowest BCUT2D eigenvalue weighted by molar-refractivity contribution is 0.379. The fourth-order valence-corrected chi connectivity index (χ4v) is 2.86. The topological polar surface area (TPSA) is 70.9 Å². The van der Waals surface area contributed by atoms with Crippen LogP contribution in [0.5, 0.6) is 0 Å². The zero-order valence-corrected chi connectivity index (χ0v) is 11.9. The first-order chi connectivity index (χ1) is 9.83. The van der Waals surface area contributed by atoms with Crippen molar-refractivity contribution >= 4 is 22.4 Å². The number of piperazine rings is 1. The van der Waals surface area contributed by atoms with Crippen molar-refractivity contribution in [2.45, 2.75) is 6.54 Å². The van der Waals surface area contributed by atoms with Gasteiger partial charge >= 0.3 is 0 Å². The van der Waals surface area contributed by atoms with Gasteiger partial charge in [-0.3, -0.25) is 0 Å². The highest BCUT2D eigenvalue weighted by molar-refractivity contribution is 7.13. The van der Waals surface area contributed by atoms with Gasteiger partial charge in [-0.25, -0.2) is 9.98 Å². The van der Waals surface area contributed by atoms with E-state index in [-0.39, 0.29) is 0 Å². The predicted octanol–water partition coefficient (Wildman–Crippen LogP) is 1.37. The summed E-state index contributed by atoms with van der Waals surface area (Å²) in [7, 11) is 0. The average Bonchev–Trinajstić information content (AvgIpc) is 3.18.